The number of benzene rings is 1. The Morgan fingerprint density at radius 1 is 1.19 bits per heavy atom. The number of H-pyrrole nitrogens is 1. The Morgan fingerprint density at radius 2 is 2.07 bits per heavy atom. The van der Waals surface area contributed by atoms with Crippen molar-refractivity contribution in [3.05, 3.63) is 66.1 Å². The standard InChI is InChI=1S/C21H22FN5/c22-17-3-5-20-19(11-17)16(12-25-20)10-15-2-4-18-14-27(9-8-26(18)13-15)21-23-6-1-7-24-21/h1,3,5-7,11-12,14-15,25H,2,4,8-10,13H2. The van der Waals surface area contributed by atoms with E-state index in [1.807, 2.05) is 18.3 Å². The van der Waals surface area contributed by atoms with Gasteiger partial charge in [-0.15, -0.1) is 0 Å². The van der Waals surface area contributed by atoms with Gasteiger partial charge in [0.05, 0.1) is 0 Å². The number of rotatable bonds is 3. The van der Waals surface area contributed by atoms with Gasteiger partial charge < -0.3 is 14.8 Å². The highest BCUT2D eigenvalue weighted by atomic mass is 19.1. The van der Waals surface area contributed by atoms with Gasteiger partial charge >= 0.3 is 0 Å². The summed E-state index contributed by atoms with van der Waals surface area (Å²) in [6.45, 7) is 2.94. The second-order valence-electron chi connectivity index (χ2n) is 7.42. The lowest BCUT2D eigenvalue weighted by Gasteiger charge is -2.41. The maximum absolute atomic E-state index is 13.6. The number of allylic oxidation sites excluding steroid dienone is 1. The zero-order chi connectivity index (χ0) is 18.2. The van der Waals surface area contributed by atoms with Crippen molar-refractivity contribution in [2.45, 2.75) is 19.3 Å². The highest BCUT2D eigenvalue weighted by Gasteiger charge is 2.28. The molecule has 0 aliphatic carbocycles. The van der Waals surface area contributed by atoms with E-state index < -0.39 is 0 Å². The number of piperidine rings is 1. The molecular weight excluding hydrogens is 341 g/mol. The summed E-state index contributed by atoms with van der Waals surface area (Å²) in [5.41, 5.74) is 3.60. The zero-order valence-electron chi connectivity index (χ0n) is 15.1. The van der Waals surface area contributed by atoms with Crippen molar-refractivity contribution in [3.63, 3.8) is 0 Å². The average molecular weight is 363 g/mol. The van der Waals surface area contributed by atoms with Gasteiger partial charge in [0.15, 0.2) is 0 Å². The molecule has 1 unspecified atom stereocenters. The van der Waals surface area contributed by atoms with Crippen molar-refractivity contribution in [3.8, 4) is 0 Å². The summed E-state index contributed by atoms with van der Waals surface area (Å²) in [5.74, 6) is 1.19. The van der Waals surface area contributed by atoms with E-state index in [-0.39, 0.29) is 5.82 Å². The van der Waals surface area contributed by atoms with E-state index in [0.717, 1.165) is 55.7 Å². The first-order valence-corrected chi connectivity index (χ1v) is 9.51. The molecule has 27 heavy (non-hydrogen) atoms. The van der Waals surface area contributed by atoms with Crippen LogP contribution in [0.15, 0.2) is 54.8 Å². The second-order valence-corrected chi connectivity index (χ2v) is 7.42. The summed E-state index contributed by atoms with van der Waals surface area (Å²) in [6, 6.07) is 6.82. The molecule has 1 atom stereocenters. The Balaban J connectivity index is 1.30. The molecule has 4 heterocycles. The van der Waals surface area contributed by atoms with Gasteiger partial charge in [-0.3, -0.25) is 0 Å². The molecule has 2 aromatic heterocycles. The fourth-order valence-electron chi connectivity index (χ4n) is 4.28. The van der Waals surface area contributed by atoms with Gasteiger partial charge in [0.25, 0.3) is 0 Å². The molecule has 2 aliphatic heterocycles. The van der Waals surface area contributed by atoms with Crippen molar-refractivity contribution >= 4 is 16.9 Å². The van der Waals surface area contributed by atoms with Crippen molar-refractivity contribution in [1.29, 1.82) is 0 Å². The quantitative estimate of drug-likeness (QED) is 0.771. The predicted molar refractivity (Wildman–Crippen MR) is 104 cm³/mol. The molecule has 0 bridgehead atoms. The minimum absolute atomic E-state index is 0.170. The summed E-state index contributed by atoms with van der Waals surface area (Å²) in [5, 5.41) is 1.02. The number of fused-ring (bicyclic) bond motifs is 2. The monoisotopic (exact) mass is 363 g/mol. The number of anilines is 1. The van der Waals surface area contributed by atoms with Gasteiger partial charge in [0, 0.05) is 61.0 Å². The summed E-state index contributed by atoms with van der Waals surface area (Å²) >= 11 is 0. The van der Waals surface area contributed by atoms with Gasteiger partial charge in [-0.1, -0.05) is 0 Å². The van der Waals surface area contributed by atoms with Gasteiger partial charge in [-0.2, -0.15) is 0 Å². The van der Waals surface area contributed by atoms with Crippen LogP contribution in [-0.2, 0) is 6.42 Å². The van der Waals surface area contributed by atoms with Crippen molar-refractivity contribution < 1.29 is 4.39 Å². The topological polar surface area (TPSA) is 48.1 Å². The molecule has 1 saturated heterocycles. The average Bonchev–Trinajstić information content (AvgIpc) is 3.10. The minimum Gasteiger partial charge on any atom is -0.372 e. The van der Waals surface area contributed by atoms with Crippen LogP contribution in [0.4, 0.5) is 10.3 Å². The van der Waals surface area contributed by atoms with Crippen LogP contribution in [0.2, 0.25) is 0 Å². The minimum atomic E-state index is -0.170. The molecule has 3 aromatic rings. The molecule has 2 aliphatic rings. The van der Waals surface area contributed by atoms with Gasteiger partial charge in [0.2, 0.25) is 5.95 Å². The van der Waals surface area contributed by atoms with E-state index >= 15 is 0 Å². The van der Waals surface area contributed by atoms with E-state index in [2.05, 4.69) is 31.0 Å². The number of nitrogens with one attached hydrogen (secondary N) is 1. The van der Waals surface area contributed by atoms with Crippen LogP contribution in [0.25, 0.3) is 10.9 Å². The van der Waals surface area contributed by atoms with Crippen LogP contribution in [0, 0.1) is 11.7 Å². The first-order chi connectivity index (χ1) is 13.3. The fourth-order valence-corrected chi connectivity index (χ4v) is 4.28. The normalized spacial score (nSPS) is 19.9. The molecule has 1 N–H and O–H groups in total. The Bertz CT molecular complexity index is 981. The van der Waals surface area contributed by atoms with Crippen molar-refractivity contribution in [2.24, 2.45) is 5.92 Å². The predicted octanol–water partition coefficient (Wildman–Crippen LogP) is 3.71. The van der Waals surface area contributed by atoms with Crippen LogP contribution in [0.3, 0.4) is 0 Å². The number of nitrogens with zero attached hydrogens (tertiary/aromatic N) is 4. The Hall–Kier alpha value is -2.89. The van der Waals surface area contributed by atoms with E-state index in [4.69, 9.17) is 0 Å². The Kier molecular flexibility index (Phi) is 4.03. The molecule has 1 fully saturated rings. The number of hydrogen-bond acceptors (Lipinski definition) is 4. The lowest BCUT2D eigenvalue weighted by Crippen LogP contribution is -2.44. The molecule has 0 radical (unpaired) electrons. The molecule has 0 saturated carbocycles. The van der Waals surface area contributed by atoms with Gasteiger partial charge in [-0.25, -0.2) is 14.4 Å². The van der Waals surface area contributed by atoms with Crippen LogP contribution in [0.5, 0.6) is 0 Å². The Labute approximate surface area is 157 Å². The van der Waals surface area contributed by atoms with Gasteiger partial charge in [-0.05, 0) is 55.0 Å². The maximum Gasteiger partial charge on any atom is 0.229 e. The molecule has 0 amide bonds. The zero-order valence-corrected chi connectivity index (χ0v) is 15.1. The molecule has 138 valence electrons. The van der Waals surface area contributed by atoms with Gasteiger partial charge in [0.1, 0.15) is 5.82 Å². The molecule has 6 heteroatoms. The van der Waals surface area contributed by atoms with E-state index in [1.54, 1.807) is 18.5 Å². The lowest BCUT2D eigenvalue weighted by atomic mass is 9.89. The molecule has 5 rings (SSSR count). The Morgan fingerprint density at radius 3 is 2.96 bits per heavy atom. The van der Waals surface area contributed by atoms with Crippen molar-refractivity contribution in [2.75, 3.05) is 24.5 Å². The van der Waals surface area contributed by atoms with E-state index in [0.29, 0.717) is 5.92 Å². The lowest BCUT2D eigenvalue weighted by molar-refractivity contribution is 0.220. The van der Waals surface area contributed by atoms with E-state index in [1.165, 1.54) is 17.3 Å². The molecule has 1 aromatic carbocycles. The number of hydrogen-bond donors (Lipinski definition) is 1. The van der Waals surface area contributed by atoms with Crippen LogP contribution >= 0.6 is 0 Å². The van der Waals surface area contributed by atoms with Crippen LogP contribution < -0.4 is 4.90 Å². The second kappa shape index (κ2) is 6.68. The highest BCUT2D eigenvalue weighted by Crippen LogP contribution is 2.32. The van der Waals surface area contributed by atoms with Crippen molar-refractivity contribution in [1.82, 2.24) is 19.9 Å². The summed E-state index contributed by atoms with van der Waals surface area (Å²) < 4.78 is 13.6. The molecule has 0 spiro atoms. The van der Waals surface area contributed by atoms with E-state index in [9.17, 15) is 4.39 Å². The third kappa shape index (κ3) is 3.16. The van der Waals surface area contributed by atoms with Crippen LogP contribution in [0.1, 0.15) is 18.4 Å². The fraction of sp³-hybridized carbons (Fsp3) is 0.333. The first kappa shape index (κ1) is 16.3. The molecular formula is C21H22FN5. The third-order valence-electron chi connectivity index (χ3n) is 5.66. The number of aromatic amines is 1. The van der Waals surface area contributed by atoms with Crippen LogP contribution in [-0.4, -0.2) is 39.5 Å². The highest BCUT2D eigenvalue weighted by molar-refractivity contribution is 5.83. The SMILES string of the molecule is Fc1ccc2[nH]cc(CC3CCC4=CN(c5ncccn5)CCN4C3)c2c1. The summed E-state index contributed by atoms with van der Waals surface area (Å²) in [7, 11) is 0. The summed E-state index contributed by atoms with van der Waals surface area (Å²) in [6.07, 6.45) is 11.0. The third-order valence-corrected chi connectivity index (χ3v) is 5.66. The first-order valence-electron chi connectivity index (χ1n) is 9.51. The summed E-state index contributed by atoms with van der Waals surface area (Å²) in [4.78, 5) is 16.6. The molecule has 5 nitrogen and oxygen atoms in total. The smallest absolute Gasteiger partial charge is 0.229 e. The number of halogens is 1. The number of aromatic nitrogens is 3. The largest absolute Gasteiger partial charge is 0.372 e. The maximum atomic E-state index is 13.6.